The van der Waals surface area contributed by atoms with Gasteiger partial charge in [-0.25, -0.2) is 14.4 Å². The summed E-state index contributed by atoms with van der Waals surface area (Å²) >= 11 is 0.0386. The van der Waals surface area contributed by atoms with Crippen molar-refractivity contribution in [1.29, 1.82) is 0 Å². The van der Waals surface area contributed by atoms with E-state index >= 15 is 0 Å². The lowest BCUT2D eigenvalue weighted by Crippen LogP contribution is -2.61. The van der Waals surface area contributed by atoms with Gasteiger partial charge >= 0.3 is 5.97 Å². The van der Waals surface area contributed by atoms with Gasteiger partial charge < -0.3 is 9.84 Å². The number of esters is 1. The van der Waals surface area contributed by atoms with Crippen molar-refractivity contribution in [2.45, 2.75) is 61.7 Å². The predicted molar refractivity (Wildman–Crippen MR) is 70.4 cm³/mol. The summed E-state index contributed by atoms with van der Waals surface area (Å²) < 4.78 is 23.6. The molecule has 4 rings (SSSR count). The number of aliphatic hydroxyl groups is 1. The molecule has 0 spiro atoms. The number of rotatable bonds is 5. The van der Waals surface area contributed by atoms with E-state index in [0.717, 1.165) is 26.2 Å². The molecule has 8 heteroatoms. The third-order valence-corrected chi connectivity index (χ3v) is 5.48. The Morgan fingerprint density at radius 2 is 1.95 bits per heavy atom. The standard InChI is InChI=1S/C13H19FO6S/c1-11(14,21-20-19-17)10(15)18-13-5-8-2-9(6-13)4-12(16,3-8)7-13/h8-9,16-17H,2-7H2,1H3. The summed E-state index contributed by atoms with van der Waals surface area (Å²) in [7, 11) is 0. The van der Waals surface area contributed by atoms with Crippen molar-refractivity contribution in [2.75, 3.05) is 0 Å². The molecule has 4 bridgehead atoms. The molecule has 4 fully saturated rings. The molecule has 21 heavy (non-hydrogen) atoms. The minimum Gasteiger partial charge on any atom is -0.456 e. The van der Waals surface area contributed by atoms with Gasteiger partial charge in [0.15, 0.2) is 0 Å². The van der Waals surface area contributed by atoms with Crippen LogP contribution in [0.3, 0.4) is 0 Å². The second-order valence-corrected chi connectivity index (χ2v) is 7.97. The lowest BCUT2D eigenvalue weighted by Gasteiger charge is -2.59. The maximum atomic E-state index is 14.2. The van der Waals surface area contributed by atoms with E-state index in [9.17, 15) is 14.3 Å². The second kappa shape index (κ2) is 5.06. The Kier molecular flexibility index (Phi) is 3.73. The van der Waals surface area contributed by atoms with Crippen LogP contribution in [-0.2, 0) is 18.9 Å². The third kappa shape index (κ3) is 2.92. The van der Waals surface area contributed by atoms with Crippen LogP contribution in [0.4, 0.5) is 4.39 Å². The van der Waals surface area contributed by atoms with Crippen LogP contribution in [0, 0.1) is 11.8 Å². The van der Waals surface area contributed by atoms with Gasteiger partial charge in [-0.3, -0.25) is 0 Å². The highest BCUT2D eigenvalue weighted by molar-refractivity contribution is 7.96. The molecular formula is C13H19FO6S. The summed E-state index contributed by atoms with van der Waals surface area (Å²) in [4.78, 5) is 12.0. The van der Waals surface area contributed by atoms with Gasteiger partial charge in [-0.2, -0.15) is 0 Å². The lowest BCUT2D eigenvalue weighted by atomic mass is 9.52. The largest absolute Gasteiger partial charge is 0.456 e. The van der Waals surface area contributed by atoms with Crippen LogP contribution < -0.4 is 0 Å². The van der Waals surface area contributed by atoms with E-state index in [0.29, 0.717) is 31.1 Å². The van der Waals surface area contributed by atoms with E-state index in [2.05, 4.69) is 9.37 Å². The maximum Gasteiger partial charge on any atom is 0.357 e. The molecular weight excluding hydrogens is 303 g/mol. The zero-order valence-electron chi connectivity index (χ0n) is 11.7. The number of hydrogen-bond donors (Lipinski definition) is 2. The molecule has 2 N–H and O–H groups in total. The number of alkyl halides is 1. The van der Waals surface area contributed by atoms with Gasteiger partial charge in [0.05, 0.1) is 17.6 Å². The molecule has 0 saturated heterocycles. The maximum absolute atomic E-state index is 14.2. The van der Waals surface area contributed by atoms with Crippen molar-refractivity contribution < 1.29 is 33.7 Å². The normalized spacial score (nSPS) is 43.6. The summed E-state index contributed by atoms with van der Waals surface area (Å²) in [6, 6.07) is 0. The minimum absolute atomic E-state index is 0.0386. The van der Waals surface area contributed by atoms with E-state index in [-0.39, 0.29) is 12.0 Å². The van der Waals surface area contributed by atoms with Crippen LogP contribution >= 0.6 is 12.0 Å². The van der Waals surface area contributed by atoms with Crippen LogP contribution in [-0.4, -0.2) is 32.5 Å². The van der Waals surface area contributed by atoms with Crippen molar-refractivity contribution in [1.82, 2.24) is 0 Å². The summed E-state index contributed by atoms with van der Waals surface area (Å²) in [6.07, 6.45) is 4.25. The predicted octanol–water partition coefficient (Wildman–Crippen LogP) is 2.37. The Balaban J connectivity index is 1.71. The van der Waals surface area contributed by atoms with Crippen LogP contribution in [0.25, 0.3) is 0 Å². The first-order valence-electron chi connectivity index (χ1n) is 7.07. The number of hydrogen-bond acceptors (Lipinski definition) is 7. The van der Waals surface area contributed by atoms with Crippen LogP contribution in [0.5, 0.6) is 0 Å². The van der Waals surface area contributed by atoms with Crippen LogP contribution in [0.2, 0.25) is 0 Å². The van der Waals surface area contributed by atoms with Gasteiger partial charge in [-0.1, -0.05) is 5.04 Å². The van der Waals surface area contributed by atoms with E-state index in [1.54, 1.807) is 0 Å². The third-order valence-electron chi connectivity index (χ3n) is 4.87. The quantitative estimate of drug-likeness (QED) is 0.348. The zero-order valence-corrected chi connectivity index (χ0v) is 12.5. The minimum atomic E-state index is -2.49. The van der Waals surface area contributed by atoms with Gasteiger partial charge in [0.1, 0.15) is 5.60 Å². The molecule has 0 amide bonds. The average molecular weight is 322 g/mol. The molecule has 3 atom stereocenters. The molecule has 4 aliphatic rings. The van der Waals surface area contributed by atoms with Gasteiger partial charge in [0.25, 0.3) is 5.00 Å². The Morgan fingerprint density at radius 1 is 1.33 bits per heavy atom. The van der Waals surface area contributed by atoms with Crippen molar-refractivity contribution >= 4 is 18.0 Å². The fraction of sp³-hybridized carbons (Fsp3) is 0.923. The smallest absolute Gasteiger partial charge is 0.357 e. The number of halogens is 1. The molecule has 0 aliphatic heterocycles. The molecule has 0 radical (unpaired) electrons. The van der Waals surface area contributed by atoms with Crippen molar-refractivity contribution in [3.05, 3.63) is 0 Å². The van der Waals surface area contributed by atoms with E-state index in [1.807, 2.05) is 0 Å². The fourth-order valence-electron chi connectivity index (χ4n) is 4.65. The molecule has 4 saturated carbocycles. The van der Waals surface area contributed by atoms with Gasteiger partial charge in [-0.05, 0) is 50.9 Å². The average Bonchev–Trinajstić information content (AvgIpc) is 2.32. The summed E-state index contributed by atoms with van der Waals surface area (Å²) in [6.45, 7) is 0.980. The van der Waals surface area contributed by atoms with E-state index in [4.69, 9.17) is 9.99 Å². The zero-order chi connectivity index (χ0) is 15.3. The Bertz CT molecular complexity index is 428. The topological polar surface area (TPSA) is 85.2 Å². The summed E-state index contributed by atoms with van der Waals surface area (Å²) in [5, 5.41) is 19.4. The summed E-state index contributed by atoms with van der Waals surface area (Å²) in [5.41, 5.74) is -1.56. The first-order valence-corrected chi connectivity index (χ1v) is 7.81. The molecule has 6 nitrogen and oxygen atoms in total. The number of carbonyl (C=O) groups is 1. The lowest BCUT2D eigenvalue weighted by molar-refractivity contribution is -0.432. The molecule has 120 valence electrons. The molecule has 0 aromatic carbocycles. The van der Waals surface area contributed by atoms with Crippen LogP contribution in [0.1, 0.15) is 45.4 Å². The fourth-order valence-corrected chi connectivity index (χ4v) is 4.92. The monoisotopic (exact) mass is 322 g/mol. The SMILES string of the molecule is CC(F)(SOOO)C(=O)OC12CC3CC(CC(O)(C3)C1)C2. The number of carbonyl (C=O) groups excluding carboxylic acids is 1. The molecule has 4 aliphatic carbocycles. The highest BCUT2D eigenvalue weighted by Gasteiger charge is 2.60. The molecule has 0 aromatic rings. The van der Waals surface area contributed by atoms with E-state index < -0.39 is 22.2 Å². The van der Waals surface area contributed by atoms with Crippen molar-refractivity contribution in [3.63, 3.8) is 0 Å². The van der Waals surface area contributed by atoms with Crippen LogP contribution in [0.15, 0.2) is 0 Å². The number of ether oxygens (including phenoxy) is 1. The molecule has 0 heterocycles. The Morgan fingerprint density at radius 3 is 2.48 bits per heavy atom. The first kappa shape index (κ1) is 15.5. The van der Waals surface area contributed by atoms with Crippen molar-refractivity contribution in [2.24, 2.45) is 11.8 Å². The van der Waals surface area contributed by atoms with Gasteiger partial charge in [-0.15, -0.1) is 4.33 Å². The second-order valence-electron chi connectivity index (χ2n) is 6.90. The molecule has 0 aromatic heterocycles. The molecule has 3 unspecified atom stereocenters. The van der Waals surface area contributed by atoms with Gasteiger partial charge in [0, 0.05) is 6.42 Å². The van der Waals surface area contributed by atoms with Gasteiger partial charge in [0.2, 0.25) is 0 Å². The highest BCUT2D eigenvalue weighted by atomic mass is 32.2. The van der Waals surface area contributed by atoms with Crippen molar-refractivity contribution in [3.8, 4) is 0 Å². The highest BCUT2D eigenvalue weighted by Crippen LogP contribution is 2.59. The summed E-state index contributed by atoms with van der Waals surface area (Å²) in [5.74, 6) is -0.408. The first-order chi connectivity index (χ1) is 9.76. The Hall–Kier alpha value is -0.410. The van der Waals surface area contributed by atoms with E-state index in [1.165, 1.54) is 0 Å². The Labute approximate surface area is 126 Å².